The zero-order valence-electron chi connectivity index (χ0n) is 18.6. The minimum absolute atomic E-state index is 0.113. The Morgan fingerprint density at radius 2 is 1.85 bits per heavy atom. The van der Waals surface area contributed by atoms with Gasteiger partial charge in [-0.15, -0.1) is 16.8 Å². The molecule has 0 saturated heterocycles. The highest BCUT2D eigenvalue weighted by Crippen LogP contribution is 2.26. The standard InChI is InChI=1S/C23H24N6O3S/c1-5-12-29-21(15-6-9-17(32-4)10-7-15)25-26-22(29)33-14-20(30)24-16-8-11-18-19(13-16)28(3)23(31)27(18)2/h5-11,13H,1,12,14H2,2-4H3,(H,24,30). The lowest BCUT2D eigenvalue weighted by molar-refractivity contribution is -0.113. The summed E-state index contributed by atoms with van der Waals surface area (Å²) in [5.74, 6) is 1.42. The van der Waals surface area contributed by atoms with Crippen molar-refractivity contribution in [1.82, 2.24) is 23.9 Å². The van der Waals surface area contributed by atoms with Crippen LogP contribution in [-0.4, -0.2) is 42.7 Å². The predicted octanol–water partition coefficient (Wildman–Crippen LogP) is 3.06. The highest BCUT2D eigenvalue weighted by atomic mass is 32.2. The van der Waals surface area contributed by atoms with Crippen LogP contribution in [0.2, 0.25) is 0 Å². The number of aromatic nitrogens is 5. The first kappa shape index (κ1) is 22.4. The van der Waals surface area contributed by atoms with Gasteiger partial charge in [0.25, 0.3) is 0 Å². The van der Waals surface area contributed by atoms with E-state index in [2.05, 4.69) is 22.1 Å². The molecule has 0 atom stereocenters. The first-order valence-corrected chi connectivity index (χ1v) is 11.2. The lowest BCUT2D eigenvalue weighted by Crippen LogP contribution is -2.19. The van der Waals surface area contributed by atoms with Crippen molar-refractivity contribution in [3.8, 4) is 17.1 Å². The van der Waals surface area contributed by atoms with E-state index in [9.17, 15) is 9.59 Å². The van der Waals surface area contributed by atoms with Gasteiger partial charge in [-0.25, -0.2) is 4.79 Å². The number of imidazole rings is 1. The zero-order valence-corrected chi connectivity index (χ0v) is 19.4. The Bertz CT molecular complexity index is 1380. The lowest BCUT2D eigenvalue weighted by atomic mass is 10.2. The topological polar surface area (TPSA) is 96.0 Å². The summed E-state index contributed by atoms with van der Waals surface area (Å²) in [5, 5.41) is 12.1. The van der Waals surface area contributed by atoms with Crippen LogP contribution in [0.4, 0.5) is 5.69 Å². The molecule has 0 radical (unpaired) electrons. The maximum atomic E-state index is 12.6. The molecular formula is C23H24N6O3S. The number of nitrogens with one attached hydrogen (secondary N) is 1. The third-order valence-electron chi connectivity index (χ3n) is 5.26. The van der Waals surface area contributed by atoms with Gasteiger partial charge < -0.3 is 10.1 Å². The Morgan fingerprint density at radius 1 is 1.12 bits per heavy atom. The second-order valence-electron chi connectivity index (χ2n) is 7.37. The van der Waals surface area contributed by atoms with Crippen LogP contribution in [0.15, 0.2) is 65.1 Å². The van der Waals surface area contributed by atoms with Gasteiger partial charge in [-0.1, -0.05) is 17.8 Å². The van der Waals surface area contributed by atoms with Gasteiger partial charge in [-0.3, -0.25) is 18.5 Å². The molecule has 0 aliphatic rings. The number of aryl methyl sites for hydroxylation is 2. The highest BCUT2D eigenvalue weighted by molar-refractivity contribution is 7.99. The summed E-state index contributed by atoms with van der Waals surface area (Å²) in [7, 11) is 5.05. The first-order chi connectivity index (χ1) is 15.9. The molecule has 4 rings (SSSR count). The fraction of sp³-hybridized carbons (Fsp3) is 0.217. The number of ether oxygens (including phenoxy) is 1. The number of fused-ring (bicyclic) bond motifs is 1. The van der Waals surface area contributed by atoms with Gasteiger partial charge in [0, 0.05) is 31.9 Å². The number of thioether (sulfide) groups is 1. The van der Waals surface area contributed by atoms with Crippen molar-refractivity contribution < 1.29 is 9.53 Å². The second-order valence-corrected chi connectivity index (χ2v) is 8.32. The molecule has 0 unspecified atom stereocenters. The van der Waals surface area contributed by atoms with Crippen LogP contribution in [-0.2, 0) is 25.4 Å². The molecule has 9 nitrogen and oxygen atoms in total. The van der Waals surface area contributed by atoms with E-state index in [4.69, 9.17) is 4.74 Å². The number of rotatable bonds is 8. The van der Waals surface area contributed by atoms with Gasteiger partial charge in [0.2, 0.25) is 5.91 Å². The maximum absolute atomic E-state index is 12.6. The molecular weight excluding hydrogens is 440 g/mol. The quantitative estimate of drug-likeness (QED) is 0.318. The van der Waals surface area contributed by atoms with Crippen LogP contribution in [0, 0.1) is 0 Å². The number of hydrogen-bond donors (Lipinski definition) is 1. The third kappa shape index (κ3) is 4.42. The van der Waals surface area contributed by atoms with Gasteiger partial charge >= 0.3 is 5.69 Å². The Hall–Kier alpha value is -3.79. The molecule has 4 aromatic rings. The molecule has 10 heteroatoms. The molecule has 170 valence electrons. The number of methoxy groups -OCH3 is 1. The van der Waals surface area contributed by atoms with Crippen LogP contribution >= 0.6 is 11.8 Å². The normalized spacial score (nSPS) is 11.0. The van der Waals surface area contributed by atoms with E-state index >= 15 is 0 Å². The van der Waals surface area contributed by atoms with Crippen LogP contribution in [0.3, 0.4) is 0 Å². The van der Waals surface area contributed by atoms with Crippen molar-refractivity contribution >= 4 is 34.4 Å². The van der Waals surface area contributed by atoms with E-state index in [1.54, 1.807) is 48.5 Å². The molecule has 0 aliphatic carbocycles. The molecule has 2 aromatic heterocycles. The first-order valence-electron chi connectivity index (χ1n) is 10.2. The van der Waals surface area contributed by atoms with Crippen molar-refractivity contribution in [3.63, 3.8) is 0 Å². The Kier molecular flexibility index (Phi) is 6.36. The van der Waals surface area contributed by atoms with Crippen LogP contribution < -0.4 is 15.7 Å². The molecule has 1 N–H and O–H groups in total. The average Bonchev–Trinajstić information content (AvgIpc) is 3.32. The maximum Gasteiger partial charge on any atom is 0.328 e. The molecule has 0 bridgehead atoms. The zero-order chi connectivity index (χ0) is 23.5. The van der Waals surface area contributed by atoms with E-state index < -0.39 is 0 Å². The summed E-state index contributed by atoms with van der Waals surface area (Å²) in [5.41, 5.74) is 2.96. The number of carbonyl (C=O) groups excluding carboxylic acids is 1. The van der Waals surface area contributed by atoms with Crippen molar-refractivity contribution in [2.75, 3.05) is 18.2 Å². The Labute approximate surface area is 194 Å². The number of nitrogens with zero attached hydrogens (tertiary/aromatic N) is 5. The largest absolute Gasteiger partial charge is 0.497 e. The number of carbonyl (C=O) groups is 1. The van der Waals surface area contributed by atoms with Crippen molar-refractivity contribution in [2.24, 2.45) is 14.1 Å². The minimum atomic E-state index is -0.181. The second kappa shape index (κ2) is 9.37. The van der Waals surface area contributed by atoms with Gasteiger partial charge in [-0.2, -0.15) is 0 Å². The van der Waals surface area contributed by atoms with E-state index in [0.717, 1.165) is 22.3 Å². The van der Waals surface area contributed by atoms with Gasteiger partial charge in [0.05, 0.1) is 23.9 Å². The summed E-state index contributed by atoms with van der Waals surface area (Å²) >= 11 is 1.30. The van der Waals surface area contributed by atoms with E-state index in [1.165, 1.54) is 11.8 Å². The molecule has 0 spiro atoms. The average molecular weight is 465 g/mol. The van der Waals surface area contributed by atoms with E-state index in [1.807, 2.05) is 34.9 Å². The van der Waals surface area contributed by atoms with Gasteiger partial charge in [-0.05, 0) is 42.5 Å². The number of allylic oxidation sites excluding steroid dienone is 1. The van der Waals surface area contributed by atoms with Gasteiger partial charge in [0.1, 0.15) is 5.75 Å². The number of benzene rings is 2. The molecule has 2 aromatic carbocycles. The summed E-state index contributed by atoms with van der Waals surface area (Å²) < 4.78 is 10.3. The summed E-state index contributed by atoms with van der Waals surface area (Å²) in [6.45, 7) is 4.33. The molecule has 0 fully saturated rings. The van der Waals surface area contributed by atoms with E-state index in [0.29, 0.717) is 23.2 Å². The fourth-order valence-electron chi connectivity index (χ4n) is 3.55. The fourth-order valence-corrected chi connectivity index (χ4v) is 4.30. The Morgan fingerprint density at radius 3 is 2.55 bits per heavy atom. The monoisotopic (exact) mass is 464 g/mol. The third-order valence-corrected chi connectivity index (χ3v) is 6.23. The van der Waals surface area contributed by atoms with Crippen molar-refractivity contribution in [2.45, 2.75) is 11.7 Å². The molecule has 1 amide bonds. The van der Waals surface area contributed by atoms with Crippen LogP contribution in [0.25, 0.3) is 22.4 Å². The summed E-state index contributed by atoms with van der Waals surface area (Å²) in [6.07, 6.45) is 1.76. The molecule has 33 heavy (non-hydrogen) atoms. The predicted molar refractivity (Wildman–Crippen MR) is 130 cm³/mol. The smallest absolute Gasteiger partial charge is 0.328 e. The van der Waals surface area contributed by atoms with E-state index in [-0.39, 0.29) is 17.3 Å². The van der Waals surface area contributed by atoms with Crippen LogP contribution in [0.5, 0.6) is 5.75 Å². The summed E-state index contributed by atoms with van der Waals surface area (Å²) in [6, 6.07) is 13.0. The van der Waals surface area contributed by atoms with Crippen molar-refractivity contribution in [1.29, 1.82) is 0 Å². The molecule has 2 heterocycles. The lowest BCUT2D eigenvalue weighted by Gasteiger charge is -2.09. The van der Waals surface area contributed by atoms with Crippen molar-refractivity contribution in [3.05, 3.63) is 65.6 Å². The molecule has 0 saturated carbocycles. The number of hydrogen-bond acceptors (Lipinski definition) is 6. The number of amides is 1. The minimum Gasteiger partial charge on any atom is -0.497 e. The van der Waals surface area contributed by atoms with Gasteiger partial charge in [0.15, 0.2) is 11.0 Å². The summed E-state index contributed by atoms with van der Waals surface area (Å²) in [4.78, 5) is 24.7. The Balaban J connectivity index is 1.48. The highest BCUT2D eigenvalue weighted by Gasteiger charge is 2.16. The molecule has 0 aliphatic heterocycles. The SMILES string of the molecule is C=CCn1c(SCC(=O)Nc2ccc3c(c2)n(C)c(=O)n3C)nnc1-c1ccc(OC)cc1. The number of anilines is 1. The van der Waals surface area contributed by atoms with Crippen LogP contribution in [0.1, 0.15) is 0 Å².